The van der Waals surface area contributed by atoms with Crippen LogP contribution in [0.1, 0.15) is 36.3 Å². The van der Waals surface area contributed by atoms with Crippen LogP contribution in [0.5, 0.6) is 0 Å². The second-order valence-corrected chi connectivity index (χ2v) is 6.39. The van der Waals surface area contributed by atoms with E-state index in [1.165, 1.54) is 0 Å². The molecule has 0 aromatic heterocycles. The minimum atomic E-state index is -3.29. The van der Waals surface area contributed by atoms with Crippen LogP contribution in [-0.2, 0) is 13.6 Å². The van der Waals surface area contributed by atoms with Gasteiger partial charge in [-0.3, -0.25) is 4.57 Å². The van der Waals surface area contributed by atoms with Crippen LogP contribution < -0.4 is 5.73 Å². The Kier molecular flexibility index (Phi) is 5.54. The predicted octanol–water partition coefficient (Wildman–Crippen LogP) is 3.53. The molecule has 5 heteroatoms. The lowest BCUT2D eigenvalue weighted by Gasteiger charge is -2.24. The summed E-state index contributed by atoms with van der Waals surface area (Å²) in [6.07, 6.45) is 0. The summed E-state index contributed by atoms with van der Waals surface area (Å²) in [4.78, 5) is 0. The Labute approximate surface area is 109 Å². The van der Waals surface area contributed by atoms with Gasteiger partial charge in [0.1, 0.15) is 5.78 Å². The van der Waals surface area contributed by atoms with Crippen LogP contribution in [-0.4, -0.2) is 13.2 Å². The molecule has 0 spiro atoms. The fraction of sp³-hybridized carbons (Fsp3) is 0.538. The summed E-state index contributed by atoms with van der Waals surface area (Å²) in [7, 11) is -3.29. The van der Waals surface area contributed by atoms with E-state index < -0.39 is 13.4 Å². The second-order valence-electron chi connectivity index (χ2n) is 4.24. The molecule has 0 aliphatic carbocycles. The summed E-state index contributed by atoms with van der Waals surface area (Å²) in [6, 6.07) is 5.88. The van der Waals surface area contributed by atoms with Gasteiger partial charge in [-0.1, -0.05) is 29.3 Å². The highest BCUT2D eigenvalue weighted by Gasteiger charge is 2.33. The highest BCUT2D eigenvalue weighted by atomic mass is 31.2. The summed E-state index contributed by atoms with van der Waals surface area (Å²) >= 11 is 0. The molecular formula is C13H22NO3P. The van der Waals surface area contributed by atoms with Gasteiger partial charge in [0.15, 0.2) is 0 Å². The third-order valence-corrected chi connectivity index (χ3v) is 4.76. The molecule has 1 rings (SSSR count). The molecule has 0 bridgehead atoms. The van der Waals surface area contributed by atoms with Gasteiger partial charge in [0.2, 0.25) is 0 Å². The van der Waals surface area contributed by atoms with Gasteiger partial charge in [0.25, 0.3) is 0 Å². The average molecular weight is 271 g/mol. The van der Waals surface area contributed by atoms with Gasteiger partial charge >= 0.3 is 7.60 Å². The topological polar surface area (TPSA) is 61.5 Å². The maximum atomic E-state index is 12.6. The number of nitrogens with two attached hydrogens (primary N) is 1. The fourth-order valence-electron chi connectivity index (χ4n) is 1.92. The van der Waals surface area contributed by atoms with E-state index >= 15 is 0 Å². The van der Waals surface area contributed by atoms with Crippen molar-refractivity contribution in [1.29, 1.82) is 0 Å². The number of hydrogen-bond donors (Lipinski definition) is 1. The molecule has 0 saturated carbocycles. The lowest BCUT2D eigenvalue weighted by Crippen LogP contribution is -2.15. The van der Waals surface area contributed by atoms with Crippen molar-refractivity contribution in [1.82, 2.24) is 0 Å². The van der Waals surface area contributed by atoms with Crippen LogP contribution in [0.15, 0.2) is 18.2 Å². The summed E-state index contributed by atoms with van der Waals surface area (Å²) in [5.41, 5.74) is 9.03. The molecule has 1 atom stereocenters. The quantitative estimate of drug-likeness (QED) is 0.804. The van der Waals surface area contributed by atoms with Crippen molar-refractivity contribution in [2.45, 2.75) is 33.5 Å². The molecule has 0 saturated heterocycles. The normalized spacial score (nSPS) is 13.6. The first-order valence-electron chi connectivity index (χ1n) is 6.15. The lowest BCUT2D eigenvalue weighted by atomic mass is 10.1. The van der Waals surface area contributed by atoms with Gasteiger partial charge < -0.3 is 14.8 Å². The molecule has 0 radical (unpaired) electrons. The molecule has 0 heterocycles. The van der Waals surface area contributed by atoms with Gasteiger partial charge in [0.05, 0.1) is 13.2 Å². The number of hydrogen-bond acceptors (Lipinski definition) is 4. The maximum Gasteiger partial charge on any atom is 0.351 e. The molecule has 2 N–H and O–H groups in total. The van der Waals surface area contributed by atoms with E-state index in [1.54, 1.807) is 13.8 Å². The number of aryl methyl sites for hydroxylation is 2. The Bertz CT molecular complexity index is 418. The SMILES string of the molecule is CCOP(=O)(OCC)[C@@H](N)c1cc(C)cc(C)c1. The molecule has 0 aliphatic heterocycles. The molecule has 4 nitrogen and oxygen atoms in total. The minimum Gasteiger partial charge on any atom is -0.314 e. The largest absolute Gasteiger partial charge is 0.351 e. The van der Waals surface area contributed by atoms with E-state index in [1.807, 2.05) is 32.0 Å². The standard InChI is InChI=1S/C13H22NO3P/c1-5-16-18(15,17-6-2)13(14)12-8-10(3)7-11(4)9-12/h7-9,13H,5-6,14H2,1-4H3/t13-/m1/s1. The van der Waals surface area contributed by atoms with Crippen LogP contribution in [0.2, 0.25) is 0 Å². The van der Waals surface area contributed by atoms with Crippen molar-refractivity contribution < 1.29 is 13.6 Å². The smallest absolute Gasteiger partial charge is 0.314 e. The van der Waals surface area contributed by atoms with Crippen LogP contribution in [0.25, 0.3) is 0 Å². The van der Waals surface area contributed by atoms with Crippen molar-refractivity contribution >= 4 is 7.60 Å². The van der Waals surface area contributed by atoms with E-state index in [-0.39, 0.29) is 0 Å². The van der Waals surface area contributed by atoms with E-state index in [2.05, 4.69) is 0 Å². The Balaban J connectivity index is 3.09. The first kappa shape index (κ1) is 15.4. The summed E-state index contributed by atoms with van der Waals surface area (Å²) < 4.78 is 23.1. The second kappa shape index (κ2) is 6.48. The Hall–Kier alpha value is -0.670. The molecule has 1 aromatic rings. The van der Waals surface area contributed by atoms with Crippen molar-refractivity contribution in [2.75, 3.05) is 13.2 Å². The summed E-state index contributed by atoms with van der Waals surface area (Å²) in [5, 5.41) is 0. The molecule has 18 heavy (non-hydrogen) atoms. The van der Waals surface area contributed by atoms with Gasteiger partial charge in [-0.15, -0.1) is 0 Å². The van der Waals surface area contributed by atoms with Gasteiger partial charge in [-0.25, -0.2) is 0 Å². The molecule has 0 aliphatic rings. The molecule has 0 unspecified atom stereocenters. The van der Waals surface area contributed by atoms with Crippen LogP contribution in [0.4, 0.5) is 0 Å². The van der Waals surface area contributed by atoms with Crippen molar-refractivity contribution in [3.63, 3.8) is 0 Å². The van der Waals surface area contributed by atoms with E-state index in [0.29, 0.717) is 13.2 Å². The van der Waals surface area contributed by atoms with Crippen molar-refractivity contribution in [3.8, 4) is 0 Å². The Morgan fingerprint density at radius 1 is 1.11 bits per heavy atom. The lowest BCUT2D eigenvalue weighted by molar-refractivity contribution is 0.212. The zero-order valence-corrected chi connectivity index (χ0v) is 12.4. The Morgan fingerprint density at radius 2 is 1.56 bits per heavy atom. The maximum absolute atomic E-state index is 12.6. The molecule has 0 fully saturated rings. The number of rotatable bonds is 6. The van der Waals surface area contributed by atoms with Gasteiger partial charge in [-0.2, -0.15) is 0 Å². The van der Waals surface area contributed by atoms with E-state index in [4.69, 9.17) is 14.8 Å². The van der Waals surface area contributed by atoms with Crippen molar-refractivity contribution in [3.05, 3.63) is 34.9 Å². The fourth-order valence-corrected chi connectivity index (χ4v) is 3.55. The monoisotopic (exact) mass is 271 g/mol. The van der Waals surface area contributed by atoms with Crippen LogP contribution >= 0.6 is 7.60 Å². The first-order valence-corrected chi connectivity index (χ1v) is 7.76. The van der Waals surface area contributed by atoms with Gasteiger partial charge in [-0.05, 0) is 33.3 Å². The third kappa shape index (κ3) is 3.66. The molecule has 102 valence electrons. The first-order chi connectivity index (χ1) is 8.42. The average Bonchev–Trinajstić information content (AvgIpc) is 2.27. The third-order valence-electron chi connectivity index (χ3n) is 2.54. The molecule has 1 aromatic carbocycles. The highest BCUT2D eigenvalue weighted by molar-refractivity contribution is 7.54. The van der Waals surface area contributed by atoms with E-state index in [9.17, 15) is 4.57 Å². The van der Waals surface area contributed by atoms with Crippen LogP contribution in [0, 0.1) is 13.8 Å². The highest BCUT2D eigenvalue weighted by Crippen LogP contribution is 2.58. The molecule has 0 amide bonds. The van der Waals surface area contributed by atoms with Gasteiger partial charge in [0, 0.05) is 0 Å². The zero-order valence-electron chi connectivity index (χ0n) is 11.5. The molecular weight excluding hydrogens is 249 g/mol. The predicted molar refractivity (Wildman–Crippen MR) is 73.7 cm³/mol. The Morgan fingerprint density at radius 3 is 1.94 bits per heavy atom. The van der Waals surface area contributed by atoms with Crippen LogP contribution in [0.3, 0.4) is 0 Å². The minimum absolute atomic E-state index is 0.315. The van der Waals surface area contributed by atoms with Crippen molar-refractivity contribution in [2.24, 2.45) is 5.73 Å². The summed E-state index contributed by atoms with van der Waals surface area (Å²) in [6.45, 7) is 8.15. The number of benzene rings is 1. The van der Waals surface area contributed by atoms with E-state index in [0.717, 1.165) is 16.7 Å². The zero-order chi connectivity index (χ0) is 13.8. The summed E-state index contributed by atoms with van der Waals surface area (Å²) in [5.74, 6) is -0.740.